The number of aliphatic carboxylic acids is 1. The van der Waals surface area contributed by atoms with Crippen molar-refractivity contribution in [1.82, 2.24) is 9.80 Å². The van der Waals surface area contributed by atoms with Gasteiger partial charge in [0, 0.05) is 25.6 Å². The molecule has 2 aromatic rings. The average molecular weight is 599 g/mol. The number of rotatable bonds is 16. The van der Waals surface area contributed by atoms with E-state index in [1.54, 1.807) is 19.2 Å². The van der Waals surface area contributed by atoms with Crippen LogP contribution in [-0.4, -0.2) is 112 Å². The number of quaternary nitrogens is 1. The molecule has 0 radical (unpaired) electrons. The van der Waals surface area contributed by atoms with Crippen molar-refractivity contribution in [3.63, 3.8) is 0 Å². The Morgan fingerprint density at radius 3 is 2.44 bits per heavy atom. The van der Waals surface area contributed by atoms with E-state index in [2.05, 4.69) is 28.1 Å². The van der Waals surface area contributed by atoms with Crippen LogP contribution in [0.1, 0.15) is 44.1 Å². The van der Waals surface area contributed by atoms with Gasteiger partial charge >= 0.3 is 5.97 Å². The number of likely N-dealkylation sites (tertiary alicyclic amines) is 1. The molecule has 0 unspecified atom stereocenters. The van der Waals surface area contributed by atoms with Crippen LogP contribution in [0.25, 0.3) is 0 Å². The minimum atomic E-state index is -0.922. The Morgan fingerprint density at radius 1 is 1.02 bits per heavy atom. The van der Waals surface area contributed by atoms with Crippen molar-refractivity contribution in [3.8, 4) is 23.0 Å². The van der Waals surface area contributed by atoms with Crippen molar-refractivity contribution < 1.29 is 38.1 Å². The van der Waals surface area contributed by atoms with Crippen LogP contribution in [0, 0.1) is 5.92 Å². The first-order chi connectivity index (χ1) is 20.6. The summed E-state index contributed by atoms with van der Waals surface area (Å²) in [6.45, 7) is 5.34. The summed E-state index contributed by atoms with van der Waals surface area (Å²) in [6.07, 6.45) is 3.89. The number of benzene rings is 2. The number of carbonyl (C=O) groups excluding carboxylic acids is 1. The van der Waals surface area contributed by atoms with E-state index in [4.69, 9.17) is 18.9 Å². The first-order valence-corrected chi connectivity index (χ1v) is 15.3. The van der Waals surface area contributed by atoms with Gasteiger partial charge in [0.25, 0.3) is 0 Å². The normalized spacial score (nSPS) is 19.8. The predicted octanol–water partition coefficient (Wildman–Crippen LogP) is 4.09. The molecule has 2 aliphatic rings. The Labute approximate surface area is 255 Å². The standard InChI is InChI=1S/C33H47N3O7/c1-6-7-16-34(17-10-11-18-36(2,3)4)31(37)21-35-20-25(24-14-15-29-30(19-24)43-23-42-29)32(33(38)39)26(35)22-41-28-13-9-8-12-27(28)40-5/h8-9,12-15,19,25-26,32H,6-7,10-11,16-18,20-23H2,1-5H3/p+1/t25-,26+,32-/m1/s1. The lowest BCUT2D eigenvalue weighted by atomic mass is 9.85. The van der Waals surface area contributed by atoms with Crippen LogP contribution in [0.4, 0.5) is 0 Å². The van der Waals surface area contributed by atoms with E-state index in [0.29, 0.717) is 42.6 Å². The van der Waals surface area contributed by atoms with Gasteiger partial charge in [-0.2, -0.15) is 0 Å². The number of methoxy groups -OCH3 is 1. The Balaban J connectivity index is 1.56. The van der Waals surface area contributed by atoms with Crippen molar-refractivity contribution in [2.45, 2.75) is 44.6 Å². The number of carboxylic acid groups (broad SMARTS) is 1. The fraction of sp³-hybridized carbons (Fsp3) is 0.576. The van der Waals surface area contributed by atoms with Gasteiger partial charge in [-0.3, -0.25) is 14.5 Å². The number of carboxylic acids is 1. The van der Waals surface area contributed by atoms with Gasteiger partial charge in [-0.15, -0.1) is 0 Å². The molecular formula is C33H48N3O7+. The predicted molar refractivity (Wildman–Crippen MR) is 164 cm³/mol. The van der Waals surface area contributed by atoms with Crippen LogP contribution >= 0.6 is 0 Å². The monoisotopic (exact) mass is 598 g/mol. The highest BCUT2D eigenvalue weighted by atomic mass is 16.7. The molecule has 10 heteroatoms. The van der Waals surface area contributed by atoms with Crippen molar-refractivity contribution in [1.29, 1.82) is 0 Å². The quantitative estimate of drug-likeness (QED) is 0.228. The molecule has 236 valence electrons. The van der Waals surface area contributed by atoms with Gasteiger partial charge in [-0.05, 0) is 49.1 Å². The van der Waals surface area contributed by atoms with Crippen LogP contribution in [0.3, 0.4) is 0 Å². The fourth-order valence-electron chi connectivity index (χ4n) is 5.97. The van der Waals surface area contributed by atoms with Crippen LogP contribution < -0.4 is 18.9 Å². The largest absolute Gasteiger partial charge is 0.493 e. The molecule has 0 saturated carbocycles. The molecule has 2 aliphatic heterocycles. The average Bonchev–Trinajstić information content (AvgIpc) is 3.59. The number of hydrogen-bond donors (Lipinski definition) is 1. The minimum absolute atomic E-state index is 0.0245. The lowest BCUT2D eigenvalue weighted by molar-refractivity contribution is -0.870. The molecule has 0 spiro atoms. The minimum Gasteiger partial charge on any atom is -0.493 e. The van der Waals surface area contributed by atoms with Crippen molar-refractivity contribution in [3.05, 3.63) is 48.0 Å². The van der Waals surface area contributed by atoms with Crippen molar-refractivity contribution in [2.75, 3.05) is 74.4 Å². The van der Waals surface area contributed by atoms with Gasteiger partial charge in [0.1, 0.15) is 6.61 Å². The fourth-order valence-corrected chi connectivity index (χ4v) is 5.97. The molecule has 1 fully saturated rings. The van der Waals surface area contributed by atoms with E-state index in [1.807, 2.05) is 40.1 Å². The number of unbranched alkanes of at least 4 members (excludes halogenated alkanes) is 2. The number of amides is 1. The highest BCUT2D eigenvalue weighted by Gasteiger charge is 2.48. The zero-order valence-electron chi connectivity index (χ0n) is 26.3. The Morgan fingerprint density at radius 2 is 1.74 bits per heavy atom. The zero-order valence-corrected chi connectivity index (χ0v) is 26.3. The van der Waals surface area contributed by atoms with Crippen molar-refractivity contribution in [2.24, 2.45) is 5.92 Å². The third kappa shape index (κ3) is 8.54. The van der Waals surface area contributed by atoms with Crippen LogP contribution in [0.15, 0.2) is 42.5 Å². The maximum atomic E-state index is 13.8. The van der Waals surface area contributed by atoms with Crippen LogP contribution in [0.2, 0.25) is 0 Å². The lowest BCUT2D eigenvalue weighted by Crippen LogP contribution is -2.47. The zero-order chi connectivity index (χ0) is 31.0. The molecule has 0 aliphatic carbocycles. The second-order valence-corrected chi connectivity index (χ2v) is 12.5. The molecular weight excluding hydrogens is 550 g/mol. The van der Waals surface area contributed by atoms with E-state index >= 15 is 0 Å². The first-order valence-electron chi connectivity index (χ1n) is 15.3. The summed E-state index contributed by atoms with van der Waals surface area (Å²) in [7, 11) is 8.10. The Bertz CT molecular complexity index is 1230. The number of carbonyl (C=O) groups is 2. The van der Waals surface area contributed by atoms with Crippen LogP contribution in [-0.2, 0) is 9.59 Å². The van der Waals surface area contributed by atoms with E-state index in [1.165, 1.54) is 0 Å². The number of hydrogen-bond acceptors (Lipinski definition) is 7. The van der Waals surface area contributed by atoms with Gasteiger partial charge in [-0.25, -0.2) is 0 Å². The highest BCUT2D eigenvalue weighted by molar-refractivity contribution is 5.79. The summed E-state index contributed by atoms with van der Waals surface area (Å²) >= 11 is 0. The topological polar surface area (TPSA) is 97.8 Å². The summed E-state index contributed by atoms with van der Waals surface area (Å²) in [5.41, 5.74) is 0.844. The molecule has 2 heterocycles. The molecule has 1 saturated heterocycles. The van der Waals surface area contributed by atoms with E-state index in [0.717, 1.165) is 42.3 Å². The molecule has 1 N–H and O–H groups in total. The molecule has 10 nitrogen and oxygen atoms in total. The maximum absolute atomic E-state index is 13.8. The van der Waals surface area contributed by atoms with Gasteiger partial charge in [-0.1, -0.05) is 31.5 Å². The smallest absolute Gasteiger partial charge is 0.308 e. The summed E-state index contributed by atoms with van der Waals surface area (Å²) in [5, 5.41) is 10.5. The molecule has 0 bridgehead atoms. The van der Waals surface area contributed by atoms with E-state index in [9.17, 15) is 14.7 Å². The summed E-state index contributed by atoms with van der Waals surface area (Å²) in [6, 6.07) is 12.4. The molecule has 43 heavy (non-hydrogen) atoms. The third-order valence-corrected chi connectivity index (χ3v) is 8.32. The van der Waals surface area contributed by atoms with Crippen LogP contribution in [0.5, 0.6) is 23.0 Å². The SMILES string of the molecule is CCCCN(CCCC[N+](C)(C)C)C(=O)CN1C[C@H](c2ccc3c(c2)OCO3)[C@@H](C(=O)O)[C@@H]1COc1ccccc1OC. The molecule has 1 amide bonds. The second-order valence-electron chi connectivity index (χ2n) is 12.5. The van der Waals surface area contributed by atoms with Gasteiger partial charge in [0.05, 0.1) is 53.3 Å². The molecule has 4 rings (SSSR count). The summed E-state index contributed by atoms with van der Waals surface area (Å²) < 4.78 is 23.6. The maximum Gasteiger partial charge on any atom is 0.308 e. The first kappa shape index (κ1) is 32.4. The van der Waals surface area contributed by atoms with Gasteiger partial charge in [0.15, 0.2) is 23.0 Å². The number of fused-ring (bicyclic) bond motifs is 1. The molecule has 2 aromatic carbocycles. The molecule has 0 aromatic heterocycles. The lowest BCUT2D eigenvalue weighted by Gasteiger charge is -2.30. The summed E-state index contributed by atoms with van der Waals surface area (Å²) in [5.74, 6) is 0.309. The third-order valence-electron chi connectivity index (χ3n) is 8.32. The number of nitrogens with zero attached hydrogens (tertiary/aromatic N) is 3. The molecule has 3 atom stereocenters. The Kier molecular flexibility index (Phi) is 11.2. The number of ether oxygens (including phenoxy) is 4. The number of para-hydroxylation sites is 2. The summed E-state index contributed by atoms with van der Waals surface area (Å²) in [4.78, 5) is 30.6. The second kappa shape index (κ2) is 14.8. The highest BCUT2D eigenvalue weighted by Crippen LogP contribution is 2.42. The van der Waals surface area contributed by atoms with Gasteiger partial charge < -0.3 is 33.4 Å². The van der Waals surface area contributed by atoms with Crippen molar-refractivity contribution >= 4 is 11.9 Å². The Hall–Kier alpha value is -3.50. The van der Waals surface area contributed by atoms with E-state index < -0.39 is 17.9 Å². The van der Waals surface area contributed by atoms with E-state index in [-0.39, 0.29) is 31.8 Å². The van der Waals surface area contributed by atoms with Gasteiger partial charge in [0.2, 0.25) is 12.7 Å².